The number of hydrogen-bond acceptors (Lipinski definition) is 2. The van der Waals surface area contributed by atoms with Gasteiger partial charge in [-0.1, -0.05) is 18.2 Å². The number of nitrogens with one attached hydrogen (secondary N) is 2. The van der Waals surface area contributed by atoms with Crippen molar-refractivity contribution in [2.75, 3.05) is 5.32 Å². The van der Waals surface area contributed by atoms with E-state index in [0.717, 1.165) is 35.4 Å². The number of aromatic nitrogens is 2. The molecule has 0 aliphatic heterocycles. The number of benzene rings is 2. The number of hydrogen-bond donors (Lipinski definition) is 2. The summed E-state index contributed by atoms with van der Waals surface area (Å²) in [6.45, 7) is 0. The first kappa shape index (κ1) is 14.0. The Morgan fingerprint density at radius 2 is 2.00 bits per heavy atom. The average molecular weight is 305 g/mol. The average Bonchev–Trinajstić information content (AvgIpc) is 3.18. The van der Waals surface area contributed by atoms with Gasteiger partial charge in [0.1, 0.15) is 5.82 Å². The van der Waals surface area contributed by atoms with Gasteiger partial charge in [-0.15, -0.1) is 0 Å². The van der Waals surface area contributed by atoms with Gasteiger partial charge in [0.15, 0.2) is 0 Å². The molecule has 2 aromatic carbocycles. The summed E-state index contributed by atoms with van der Waals surface area (Å²) in [5.41, 5.74) is 5.66. The molecule has 1 aliphatic carbocycles. The summed E-state index contributed by atoms with van der Waals surface area (Å²) < 4.78 is 0. The molecule has 3 aromatic rings. The topological polar surface area (TPSA) is 57.8 Å². The maximum absolute atomic E-state index is 12.1. The highest BCUT2D eigenvalue weighted by atomic mass is 16.1. The normalized spacial score (nSPS) is 13.2. The maximum atomic E-state index is 12.1. The largest absolute Gasteiger partial charge is 0.342 e. The Labute approximate surface area is 134 Å². The van der Waals surface area contributed by atoms with E-state index < -0.39 is 0 Å². The Morgan fingerprint density at radius 3 is 2.91 bits per heavy atom. The third kappa shape index (κ3) is 2.97. The Bertz CT molecular complexity index is 833. The second kappa shape index (κ2) is 5.88. The molecule has 4 heteroatoms. The predicted molar refractivity (Wildman–Crippen MR) is 91.5 cm³/mol. The molecule has 1 heterocycles. The second-order valence-corrected chi connectivity index (χ2v) is 6.09. The van der Waals surface area contributed by atoms with Crippen LogP contribution in [0.25, 0.3) is 11.0 Å². The molecule has 0 radical (unpaired) electrons. The molecule has 23 heavy (non-hydrogen) atoms. The van der Waals surface area contributed by atoms with Gasteiger partial charge in [-0.3, -0.25) is 4.79 Å². The number of fused-ring (bicyclic) bond motifs is 2. The van der Waals surface area contributed by atoms with Gasteiger partial charge in [-0.25, -0.2) is 4.98 Å². The molecule has 0 unspecified atom stereocenters. The van der Waals surface area contributed by atoms with Crippen molar-refractivity contribution in [3.63, 3.8) is 0 Å². The fourth-order valence-corrected chi connectivity index (χ4v) is 3.23. The molecular formula is C19H19N3O. The summed E-state index contributed by atoms with van der Waals surface area (Å²) >= 11 is 0. The first-order valence-electron chi connectivity index (χ1n) is 8.13. The van der Waals surface area contributed by atoms with Crippen molar-refractivity contribution in [1.29, 1.82) is 0 Å². The summed E-state index contributed by atoms with van der Waals surface area (Å²) in [7, 11) is 0. The van der Waals surface area contributed by atoms with Gasteiger partial charge < -0.3 is 10.3 Å². The lowest BCUT2D eigenvalue weighted by Crippen LogP contribution is -2.12. The van der Waals surface area contributed by atoms with E-state index in [4.69, 9.17) is 0 Å². The van der Waals surface area contributed by atoms with Crippen LogP contribution in [0.1, 0.15) is 29.8 Å². The molecule has 0 atom stereocenters. The summed E-state index contributed by atoms with van der Waals surface area (Å²) in [5.74, 6) is 0.888. The number of amides is 1. The number of imidazole rings is 1. The van der Waals surface area contributed by atoms with E-state index in [1.807, 2.05) is 30.3 Å². The molecule has 4 rings (SSSR count). The summed E-state index contributed by atoms with van der Waals surface area (Å²) in [6, 6.07) is 14.2. The summed E-state index contributed by atoms with van der Waals surface area (Å²) in [4.78, 5) is 19.9. The molecule has 4 nitrogen and oxygen atoms in total. The Kier molecular flexibility index (Phi) is 3.58. The molecule has 2 N–H and O–H groups in total. The second-order valence-electron chi connectivity index (χ2n) is 6.09. The van der Waals surface area contributed by atoms with Crippen LogP contribution in [0, 0.1) is 0 Å². The van der Waals surface area contributed by atoms with Crippen LogP contribution in [-0.4, -0.2) is 15.9 Å². The third-order valence-corrected chi connectivity index (χ3v) is 4.41. The zero-order valence-electron chi connectivity index (χ0n) is 12.9. The van der Waals surface area contributed by atoms with Crippen LogP contribution >= 0.6 is 0 Å². The zero-order valence-corrected chi connectivity index (χ0v) is 12.9. The van der Waals surface area contributed by atoms with Crippen LogP contribution in [0.2, 0.25) is 0 Å². The molecule has 1 aliphatic rings. The van der Waals surface area contributed by atoms with Gasteiger partial charge >= 0.3 is 0 Å². The molecule has 1 aromatic heterocycles. The molecular weight excluding hydrogens is 286 g/mol. The van der Waals surface area contributed by atoms with Crippen LogP contribution in [0.15, 0.2) is 42.5 Å². The van der Waals surface area contributed by atoms with E-state index in [0.29, 0.717) is 12.8 Å². The van der Waals surface area contributed by atoms with Crippen LogP contribution in [0.4, 0.5) is 5.69 Å². The lowest BCUT2D eigenvalue weighted by atomic mass is 10.1. The first-order valence-corrected chi connectivity index (χ1v) is 8.13. The highest BCUT2D eigenvalue weighted by Crippen LogP contribution is 2.25. The highest BCUT2D eigenvalue weighted by Gasteiger charge is 2.12. The minimum absolute atomic E-state index is 0.0309. The zero-order chi connectivity index (χ0) is 15.6. The number of aromatic amines is 1. The number of rotatable bonds is 4. The van der Waals surface area contributed by atoms with Gasteiger partial charge in [-0.2, -0.15) is 0 Å². The van der Waals surface area contributed by atoms with E-state index in [1.165, 1.54) is 17.5 Å². The van der Waals surface area contributed by atoms with Gasteiger partial charge in [-0.05, 0) is 54.7 Å². The molecule has 0 saturated heterocycles. The van der Waals surface area contributed by atoms with Crippen molar-refractivity contribution in [3.8, 4) is 0 Å². The lowest BCUT2D eigenvalue weighted by Gasteiger charge is -2.07. The number of anilines is 1. The van der Waals surface area contributed by atoms with E-state index in [9.17, 15) is 4.79 Å². The van der Waals surface area contributed by atoms with E-state index in [2.05, 4.69) is 27.4 Å². The molecule has 0 saturated carbocycles. The van der Waals surface area contributed by atoms with Gasteiger partial charge in [0.25, 0.3) is 0 Å². The minimum atomic E-state index is 0.0309. The summed E-state index contributed by atoms with van der Waals surface area (Å²) in [6.07, 6.45) is 4.55. The van der Waals surface area contributed by atoms with Crippen molar-refractivity contribution < 1.29 is 4.79 Å². The smallest absolute Gasteiger partial charge is 0.224 e. The first-order chi connectivity index (χ1) is 11.3. The lowest BCUT2D eigenvalue weighted by molar-refractivity contribution is -0.116. The SMILES string of the molecule is O=C(CCc1nc2ccccc2[nH]1)Nc1ccc2c(c1)CCC2. The van der Waals surface area contributed by atoms with Crippen molar-refractivity contribution >= 4 is 22.6 Å². The van der Waals surface area contributed by atoms with Gasteiger partial charge in [0, 0.05) is 18.5 Å². The molecule has 0 fully saturated rings. The van der Waals surface area contributed by atoms with Gasteiger partial charge in [0.05, 0.1) is 11.0 Å². The standard InChI is InChI=1S/C19H19N3O/c23-19(20-15-9-8-13-4-3-5-14(13)12-15)11-10-18-21-16-6-1-2-7-17(16)22-18/h1-2,6-9,12H,3-5,10-11H2,(H,20,23)(H,21,22). The quantitative estimate of drug-likeness (QED) is 0.773. The van der Waals surface area contributed by atoms with E-state index in [1.54, 1.807) is 0 Å². The maximum Gasteiger partial charge on any atom is 0.224 e. The number of aryl methyl sites for hydroxylation is 3. The number of nitrogens with zero attached hydrogens (tertiary/aromatic N) is 1. The fraction of sp³-hybridized carbons (Fsp3) is 0.263. The number of carbonyl (C=O) groups excluding carboxylic acids is 1. The third-order valence-electron chi connectivity index (χ3n) is 4.41. The Hall–Kier alpha value is -2.62. The Morgan fingerprint density at radius 1 is 1.13 bits per heavy atom. The Balaban J connectivity index is 1.38. The summed E-state index contributed by atoms with van der Waals surface area (Å²) in [5, 5.41) is 3.00. The fourth-order valence-electron chi connectivity index (χ4n) is 3.23. The van der Waals surface area contributed by atoms with Crippen molar-refractivity contribution in [3.05, 3.63) is 59.4 Å². The van der Waals surface area contributed by atoms with Crippen molar-refractivity contribution in [2.45, 2.75) is 32.1 Å². The number of carbonyl (C=O) groups is 1. The van der Waals surface area contributed by atoms with Crippen molar-refractivity contribution in [2.24, 2.45) is 0 Å². The van der Waals surface area contributed by atoms with Crippen LogP contribution in [0.3, 0.4) is 0 Å². The molecule has 0 spiro atoms. The minimum Gasteiger partial charge on any atom is -0.342 e. The molecule has 116 valence electrons. The predicted octanol–water partition coefficient (Wildman–Crippen LogP) is 3.62. The van der Waals surface area contributed by atoms with Crippen LogP contribution < -0.4 is 5.32 Å². The van der Waals surface area contributed by atoms with Crippen LogP contribution in [-0.2, 0) is 24.1 Å². The van der Waals surface area contributed by atoms with Crippen molar-refractivity contribution in [1.82, 2.24) is 9.97 Å². The molecule has 0 bridgehead atoms. The highest BCUT2D eigenvalue weighted by molar-refractivity contribution is 5.91. The van der Waals surface area contributed by atoms with Gasteiger partial charge in [0.2, 0.25) is 5.91 Å². The monoisotopic (exact) mass is 305 g/mol. The number of para-hydroxylation sites is 2. The number of H-pyrrole nitrogens is 1. The molecule has 1 amide bonds. The van der Waals surface area contributed by atoms with Crippen LogP contribution in [0.5, 0.6) is 0 Å². The van der Waals surface area contributed by atoms with E-state index in [-0.39, 0.29) is 5.91 Å². The van der Waals surface area contributed by atoms with E-state index >= 15 is 0 Å².